The summed E-state index contributed by atoms with van der Waals surface area (Å²) >= 11 is 0. The highest BCUT2D eigenvalue weighted by molar-refractivity contribution is 5.94. The van der Waals surface area contributed by atoms with Crippen LogP contribution in [0.4, 0.5) is 9.18 Å². The van der Waals surface area contributed by atoms with Crippen LogP contribution in [0.25, 0.3) is 0 Å². The number of halogens is 1. The van der Waals surface area contributed by atoms with Crippen molar-refractivity contribution in [3.05, 3.63) is 59.8 Å². The number of nitrogens with one attached hydrogen (secondary N) is 2. The Kier molecular flexibility index (Phi) is 4.83. The summed E-state index contributed by atoms with van der Waals surface area (Å²) in [4.78, 5) is 26.9. The molecular weight excluding hydrogens is 349 g/mol. The molecule has 2 unspecified atom stereocenters. The van der Waals surface area contributed by atoms with Crippen molar-refractivity contribution < 1.29 is 18.4 Å². The maximum Gasteiger partial charge on any atom is 0.318 e. The van der Waals surface area contributed by atoms with Gasteiger partial charge in [0.1, 0.15) is 11.6 Å². The predicted molar refractivity (Wildman–Crippen MR) is 96.5 cm³/mol. The molecule has 2 N–H and O–H groups in total. The third-order valence-corrected chi connectivity index (χ3v) is 5.40. The number of carbonyl (C=O) groups is 2. The van der Waals surface area contributed by atoms with Crippen LogP contribution in [0.2, 0.25) is 0 Å². The van der Waals surface area contributed by atoms with Crippen LogP contribution in [0.3, 0.4) is 0 Å². The van der Waals surface area contributed by atoms with Crippen molar-refractivity contribution in [3.8, 4) is 0 Å². The number of rotatable bonds is 4. The Morgan fingerprint density at radius 2 is 1.81 bits per heavy atom. The fraction of sp³-hybridized carbons (Fsp3) is 0.400. The molecule has 4 rings (SSSR count). The summed E-state index contributed by atoms with van der Waals surface area (Å²) < 4.78 is 18.3. The van der Waals surface area contributed by atoms with Crippen LogP contribution in [-0.4, -0.2) is 35.0 Å². The van der Waals surface area contributed by atoms with Gasteiger partial charge < -0.3 is 20.0 Å². The molecule has 1 aromatic heterocycles. The molecule has 142 valence electrons. The number of nitrogens with zero attached hydrogens (tertiary/aromatic N) is 1. The number of carbonyl (C=O) groups excluding carboxylic acids is 2. The monoisotopic (exact) mass is 371 g/mol. The normalized spacial score (nSPS) is 23.9. The number of fused-ring (bicyclic) bond motifs is 2. The highest BCUT2D eigenvalue weighted by atomic mass is 19.1. The van der Waals surface area contributed by atoms with E-state index < -0.39 is 0 Å². The van der Waals surface area contributed by atoms with E-state index in [0.717, 1.165) is 31.4 Å². The first-order valence-electron chi connectivity index (χ1n) is 9.25. The van der Waals surface area contributed by atoms with Crippen molar-refractivity contribution in [2.24, 2.45) is 0 Å². The molecular formula is C20H22FN3O3. The largest absolute Gasteiger partial charge is 0.467 e. The average molecular weight is 371 g/mol. The number of furan rings is 1. The summed E-state index contributed by atoms with van der Waals surface area (Å²) in [6.45, 7) is 0.368. The second-order valence-electron chi connectivity index (χ2n) is 7.18. The highest BCUT2D eigenvalue weighted by Gasteiger charge is 2.43. The molecule has 2 atom stereocenters. The second-order valence-corrected chi connectivity index (χ2v) is 7.18. The zero-order valence-electron chi connectivity index (χ0n) is 14.9. The lowest BCUT2D eigenvalue weighted by Crippen LogP contribution is -2.54. The number of piperidine rings is 1. The van der Waals surface area contributed by atoms with Gasteiger partial charge >= 0.3 is 6.03 Å². The Hall–Kier alpha value is -2.83. The van der Waals surface area contributed by atoms with Gasteiger partial charge in [-0.25, -0.2) is 9.18 Å². The van der Waals surface area contributed by atoms with E-state index in [0.29, 0.717) is 12.1 Å². The van der Waals surface area contributed by atoms with Gasteiger partial charge in [0.15, 0.2) is 0 Å². The Labute approximate surface area is 156 Å². The first-order valence-corrected chi connectivity index (χ1v) is 9.25. The molecule has 0 saturated carbocycles. The molecule has 0 radical (unpaired) electrons. The van der Waals surface area contributed by atoms with E-state index in [1.54, 1.807) is 12.3 Å². The minimum Gasteiger partial charge on any atom is -0.467 e. The molecule has 27 heavy (non-hydrogen) atoms. The lowest BCUT2D eigenvalue weighted by atomic mass is 9.97. The van der Waals surface area contributed by atoms with Crippen molar-refractivity contribution in [1.29, 1.82) is 0 Å². The molecule has 0 spiro atoms. The van der Waals surface area contributed by atoms with Crippen molar-refractivity contribution in [2.75, 3.05) is 0 Å². The van der Waals surface area contributed by atoms with Crippen LogP contribution in [-0.2, 0) is 6.54 Å². The molecule has 2 aliphatic rings. The van der Waals surface area contributed by atoms with Crippen LogP contribution < -0.4 is 10.6 Å². The van der Waals surface area contributed by atoms with Crippen molar-refractivity contribution in [3.63, 3.8) is 0 Å². The maximum atomic E-state index is 13.0. The summed E-state index contributed by atoms with van der Waals surface area (Å²) in [6, 6.07) is 9.34. The van der Waals surface area contributed by atoms with Crippen LogP contribution in [0.15, 0.2) is 47.1 Å². The third kappa shape index (κ3) is 3.82. The summed E-state index contributed by atoms with van der Waals surface area (Å²) in [5, 5.41) is 5.95. The lowest BCUT2D eigenvalue weighted by molar-refractivity contribution is 0.0884. The van der Waals surface area contributed by atoms with Crippen LogP contribution in [0.1, 0.15) is 41.8 Å². The maximum absolute atomic E-state index is 13.0. The fourth-order valence-electron chi connectivity index (χ4n) is 4.16. The number of amides is 3. The van der Waals surface area contributed by atoms with E-state index in [1.807, 2.05) is 11.0 Å². The van der Waals surface area contributed by atoms with Crippen molar-refractivity contribution >= 4 is 11.9 Å². The molecule has 2 aliphatic heterocycles. The quantitative estimate of drug-likeness (QED) is 0.867. The van der Waals surface area contributed by atoms with Gasteiger partial charge in [0.05, 0.1) is 12.8 Å². The molecule has 3 amide bonds. The smallest absolute Gasteiger partial charge is 0.318 e. The Morgan fingerprint density at radius 3 is 2.44 bits per heavy atom. The summed E-state index contributed by atoms with van der Waals surface area (Å²) in [6.07, 6.45) is 4.94. The van der Waals surface area contributed by atoms with Gasteiger partial charge in [-0.1, -0.05) is 0 Å². The van der Waals surface area contributed by atoms with Gasteiger partial charge in [0.2, 0.25) is 0 Å². The van der Waals surface area contributed by atoms with E-state index in [-0.39, 0.29) is 35.9 Å². The van der Waals surface area contributed by atoms with E-state index in [4.69, 9.17) is 4.42 Å². The van der Waals surface area contributed by atoms with Gasteiger partial charge in [0.25, 0.3) is 5.91 Å². The summed E-state index contributed by atoms with van der Waals surface area (Å²) in [7, 11) is 0. The van der Waals surface area contributed by atoms with Gasteiger partial charge in [-0.15, -0.1) is 0 Å². The topological polar surface area (TPSA) is 74.6 Å². The van der Waals surface area contributed by atoms with Crippen LogP contribution >= 0.6 is 0 Å². The first-order chi connectivity index (χ1) is 13.1. The number of urea groups is 1. The van der Waals surface area contributed by atoms with E-state index in [9.17, 15) is 14.0 Å². The SMILES string of the molecule is O=C(NC1CC2CCC(C1)N2C(=O)NCc1ccco1)c1ccc(F)cc1. The van der Waals surface area contributed by atoms with Crippen LogP contribution in [0.5, 0.6) is 0 Å². The average Bonchev–Trinajstić information content (AvgIpc) is 3.27. The fourth-order valence-corrected chi connectivity index (χ4v) is 4.16. The Morgan fingerprint density at radius 1 is 1.11 bits per heavy atom. The molecule has 3 heterocycles. The Balaban J connectivity index is 1.33. The zero-order chi connectivity index (χ0) is 18.8. The molecule has 7 heteroatoms. The lowest BCUT2D eigenvalue weighted by Gasteiger charge is -2.39. The zero-order valence-corrected chi connectivity index (χ0v) is 14.9. The first kappa shape index (κ1) is 17.6. The Bertz CT molecular complexity index is 792. The predicted octanol–water partition coefficient (Wildman–Crippen LogP) is 3.05. The molecule has 0 aliphatic carbocycles. The van der Waals surface area contributed by atoms with E-state index in [2.05, 4.69) is 10.6 Å². The molecule has 2 fully saturated rings. The molecule has 1 aromatic carbocycles. The number of hydrogen-bond donors (Lipinski definition) is 2. The van der Waals surface area contributed by atoms with Crippen LogP contribution in [0, 0.1) is 5.82 Å². The van der Waals surface area contributed by atoms with Gasteiger partial charge in [0, 0.05) is 23.7 Å². The molecule has 2 aromatic rings. The van der Waals surface area contributed by atoms with Crippen molar-refractivity contribution in [1.82, 2.24) is 15.5 Å². The van der Waals surface area contributed by atoms with Gasteiger partial charge in [-0.2, -0.15) is 0 Å². The van der Waals surface area contributed by atoms with Gasteiger partial charge in [-0.3, -0.25) is 4.79 Å². The summed E-state index contributed by atoms with van der Waals surface area (Å²) in [5.74, 6) is 0.158. The molecule has 2 bridgehead atoms. The van der Waals surface area contributed by atoms with E-state index in [1.165, 1.54) is 24.3 Å². The van der Waals surface area contributed by atoms with Crippen molar-refractivity contribution in [2.45, 2.75) is 50.4 Å². The highest BCUT2D eigenvalue weighted by Crippen LogP contribution is 2.35. The minimum absolute atomic E-state index is 0.0224. The minimum atomic E-state index is -0.363. The van der Waals surface area contributed by atoms with E-state index >= 15 is 0 Å². The number of hydrogen-bond acceptors (Lipinski definition) is 3. The standard InChI is InChI=1S/C20H22FN3O3/c21-14-5-3-13(4-6-14)19(25)23-15-10-16-7-8-17(11-15)24(16)20(26)22-12-18-2-1-9-27-18/h1-6,9,15-17H,7-8,10-12H2,(H,22,26)(H,23,25). The number of benzene rings is 1. The third-order valence-electron chi connectivity index (χ3n) is 5.40. The molecule has 6 nitrogen and oxygen atoms in total. The molecule has 2 saturated heterocycles. The van der Waals surface area contributed by atoms with Gasteiger partial charge in [-0.05, 0) is 62.1 Å². The summed E-state index contributed by atoms with van der Waals surface area (Å²) in [5.41, 5.74) is 0.447. The second kappa shape index (κ2) is 7.42.